The van der Waals surface area contributed by atoms with Crippen molar-refractivity contribution in [3.63, 3.8) is 0 Å². The van der Waals surface area contributed by atoms with Crippen molar-refractivity contribution in [2.45, 2.75) is 65.3 Å². The number of rotatable bonds is 7. The zero-order valence-corrected chi connectivity index (χ0v) is 20.6. The molecule has 0 saturated carbocycles. The number of hydrogen-bond acceptors (Lipinski definition) is 3. The molecule has 4 heteroatoms. The van der Waals surface area contributed by atoms with E-state index in [-0.39, 0.29) is 22.5 Å². The third-order valence-corrected chi connectivity index (χ3v) is 5.56. The minimum Gasteiger partial charge on any atom is -0.507 e. The summed E-state index contributed by atoms with van der Waals surface area (Å²) >= 11 is 0. The van der Waals surface area contributed by atoms with Crippen LogP contribution in [0.3, 0.4) is 0 Å². The quantitative estimate of drug-likeness (QED) is 0.345. The first-order valence-electron chi connectivity index (χ1n) is 11.1. The van der Waals surface area contributed by atoms with Crippen molar-refractivity contribution in [3.05, 3.63) is 64.7 Å². The summed E-state index contributed by atoms with van der Waals surface area (Å²) in [7, 11) is 4.39. The van der Waals surface area contributed by atoms with Gasteiger partial charge in [-0.3, -0.25) is 0 Å². The van der Waals surface area contributed by atoms with Gasteiger partial charge in [-0.1, -0.05) is 71.9 Å². The molecule has 0 fully saturated rings. The van der Waals surface area contributed by atoms with Crippen molar-refractivity contribution in [1.82, 2.24) is 0 Å². The first-order valence-corrected chi connectivity index (χ1v) is 11.1. The van der Waals surface area contributed by atoms with E-state index in [9.17, 15) is 9.90 Å². The van der Waals surface area contributed by atoms with Crippen LogP contribution in [0.4, 0.5) is 0 Å². The third kappa shape index (κ3) is 7.10. The Morgan fingerprint density at radius 2 is 1.45 bits per heavy atom. The number of aromatic hydroxyl groups is 1. The lowest BCUT2D eigenvalue weighted by atomic mass is 9.78. The smallest absolute Gasteiger partial charge is 0.338 e. The molecule has 2 rings (SSSR count). The standard InChI is InChI=1S/C27H39NO3/c1-26(2,3)22-17-21(18-23(24(22)29)27(4,5)6)25(30)31-16-12-15-28(7,8)19-20-13-10-9-11-14-20/h9-11,13-14,17-18H,12,15-16,19H2,1-8H3/p+1. The molecule has 0 atom stereocenters. The fourth-order valence-corrected chi connectivity index (χ4v) is 3.79. The zero-order valence-electron chi connectivity index (χ0n) is 20.6. The van der Waals surface area contributed by atoms with E-state index in [1.54, 1.807) is 12.1 Å². The normalized spacial score (nSPS) is 12.6. The predicted octanol–water partition coefficient (Wildman–Crippen LogP) is 5.81. The Morgan fingerprint density at radius 1 is 0.935 bits per heavy atom. The van der Waals surface area contributed by atoms with Crippen molar-refractivity contribution < 1.29 is 19.1 Å². The van der Waals surface area contributed by atoms with Crippen LogP contribution in [0.15, 0.2) is 42.5 Å². The first kappa shape index (κ1) is 24.9. The van der Waals surface area contributed by atoms with E-state index in [0.29, 0.717) is 12.2 Å². The summed E-state index contributed by atoms with van der Waals surface area (Å²) in [4.78, 5) is 12.8. The van der Waals surface area contributed by atoms with Gasteiger partial charge in [0.25, 0.3) is 0 Å². The molecule has 0 unspecified atom stereocenters. The lowest BCUT2D eigenvalue weighted by Crippen LogP contribution is -2.40. The molecule has 0 aliphatic rings. The Kier molecular flexibility index (Phi) is 7.59. The Morgan fingerprint density at radius 3 is 1.94 bits per heavy atom. The molecular formula is C27H40NO3+. The van der Waals surface area contributed by atoms with Crippen molar-refractivity contribution in [2.75, 3.05) is 27.2 Å². The van der Waals surface area contributed by atoms with Crippen LogP contribution in [0, 0.1) is 0 Å². The van der Waals surface area contributed by atoms with Crippen molar-refractivity contribution in [2.24, 2.45) is 0 Å². The van der Waals surface area contributed by atoms with Crippen molar-refractivity contribution in [1.29, 1.82) is 0 Å². The van der Waals surface area contributed by atoms with E-state index in [4.69, 9.17) is 4.74 Å². The summed E-state index contributed by atoms with van der Waals surface area (Å²) in [6.45, 7) is 14.5. The van der Waals surface area contributed by atoms with Gasteiger partial charge >= 0.3 is 5.97 Å². The number of ether oxygens (including phenoxy) is 1. The second-order valence-electron chi connectivity index (χ2n) is 11.2. The largest absolute Gasteiger partial charge is 0.507 e. The Labute approximate surface area is 188 Å². The summed E-state index contributed by atoms with van der Waals surface area (Å²) in [5.41, 5.74) is 2.79. The van der Waals surface area contributed by atoms with Gasteiger partial charge in [-0.15, -0.1) is 0 Å². The van der Waals surface area contributed by atoms with Crippen molar-refractivity contribution in [3.8, 4) is 5.75 Å². The molecule has 0 aromatic heterocycles. The molecule has 0 aliphatic heterocycles. The summed E-state index contributed by atoms with van der Waals surface area (Å²) < 4.78 is 6.45. The first-order chi connectivity index (χ1) is 14.2. The van der Waals surface area contributed by atoms with Crippen LogP contribution in [0.5, 0.6) is 5.75 Å². The van der Waals surface area contributed by atoms with Gasteiger partial charge in [-0.05, 0) is 23.0 Å². The monoisotopic (exact) mass is 426 g/mol. The van der Waals surface area contributed by atoms with Crippen LogP contribution >= 0.6 is 0 Å². The number of hydrogen-bond donors (Lipinski definition) is 1. The molecule has 0 radical (unpaired) electrons. The summed E-state index contributed by atoms with van der Waals surface area (Å²) in [5, 5.41) is 10.8. The fourth-order valence-electron chi connectivity index (χ4n) is 3.79. The van der Waals surface area contributed by atoms with Gasteiger partial charge in [0.15, 0.2) is 0 Å². The molecule has 170 valence electrons. The minimum atomic E-state index is -0.329. The number of benzene rings is 2. The van der Waals surface area contributed by atoms with Gasteiger partial charge in [-0.25, -0.2) is 4.79 Å². The van der Waals surface area contributed by atoms with Crippen LogP contribution in [0.2, 0.25) is 0 Å². The van der Waals surface area contributed by atoms with Gasteiger partial charge in [0.2, 0.25) is 0 Å². The highest BCUT2D eigenvalue weighted by atomic mass is 16.5. The molecule has 0 spiro atoms. The number of carbonyl (C=O) groups is 1. The maximum absolute atomic E-state index is 12.8. The number of carbonyl (C=O) groups excluding carboxylic acids is 1. The van der Waals surface area contributed by atoms with Crippen LogP contribution < -0.4 is 0 Å². The van der Waals surface area contributed by atoms with Gasteiger partial charge in [0.05, 0.1) is 32.8 Å². The lowest BCUT2D eigenvalue weighted by molar-refractivity contribution is -0.903. The van der Waals surface area contributed by atoms with Gasteiger partial charge in [0.1, 0.15) is 12.3 Å². The number of nitrogens with zero attached hydrogens (tertiary/aromatic N) is 1. The number of phenolic OH excluding ortho intramolecular Hbond substituents is 1. The molecule has 0 aliphatic carbocycles. The molecule has 0 amide bonds. The van der Waals surface area contributed by atoms with Crippen LogP contribution in [0.25, 0.3) is 0 Å². The molecule has 0 heterocycles. The maximum atomic E-state index is 12.8. The highest BCUT2D eigenvalue weighted by Crippen LogP contribution is 2.39. The SMILES string of the molecule is CC(C)(C)c1cc(C(=O)OCCC[N+](C)(C)Cc2ccccc2)cc(C(C)(C)C)c1O. The summed E-state index contributed by atoms with van der Waals surface area (Å²) in [5.74, 6) is -0.0547. The molecule has 2 aromatic carbocycles. The Bertz CT molecular complexity index is 852. The third-order valence-electron chi connectivity index (χ3n) is 5.56. The molecule has 2 aromatic rings. The minimum absolute atomic E-state index is 0.275. The van der Waals surface area contributed by atoms with E-state index in [2.05, 4.69) is 38.4 Å². The van der Waals surface area contributed by atoms with Gasteiger partial charge < -0.3 is 14.3 Å². The highest BCUT2D eigenvalue weighted by Gasteiger charge is 2.28. The molecule has 1 N–H and O–H groups in total. The van der Waals surface area contributed by atoms with Gasteiger partial charge in [-0.2, -0.15) is 0 Å². The van der Waals surface area contributed by atoms with E-state index >= 15 is 0 Å². The fraction of sp³-hybridized carbons (Fsp3) is 0.519. The van der Waals surface area contributed by atoms with Crippen molar-refractivity contribution >= 4 is 5.97 Å². The second kappa shape index (κ2) is 9.44. The second-order valence-corrected chi connectivity index (χ2v) is 11.2. The van der Waals surface area contributed by atoms with E-state index < -0.39 is 0 Å². The number of esters is 1. The van der Waals surface area contributed by atoms with Crippen LogP contribution in [-0.2, 0) is 22.1 Å². The Hall–Kier alpha value is -2.33. The average Bonchev–Trinajstić information content (AvgIpc) is 2.63. The van der Waals surface area contributed by atoms with E-state index in [1.807, 2.05) is 47.6 Å². The zero-order chi connectivity index (χ0) is 23.4. The summed E-state index contributed by atoms with van der Waals surface area (Å²) in [6, 6.07) is 14.0. The topological polar surface area (TPSA) is 46.5 Å². The summed E-state index contributed by atoms with van der Waals surface area (Å²) in [6.07, 6.45) is 0.794. The molecule has 0 bridgehead atoms. The van der Waals surface area contributed by atoms with Crippen LogP contribution in [0.1, 0.15) is 75.0 Å². The van der Waals surface area contributed by atoms with Crippen LogP contribution in [-0.4, -0.2) is 42.8 Å². The average molecular weight is 427 g/mol. The highest BCUT2D eigenvalue weighted by molar-refractivity contribution is 5.90. The van der Waals surface area contributed by atoms with Gasteiger partial charge in [0, 0.05) is 23.1 Å². The Balaban J connectivity index is 2.05. The van der Waals surface area contributed by atoms with E-state index in [1.165, 1.54) is 5.56 Å². The predicted molar refractivity (Wildman–Crippen MR) is 128 cm³/mol. The molecule has 31 heavy (non-hydrogen) atoms. The lowest BCUT2D eigenvalue weighted by Gasteiger charge is -2.30. The van der Waals surface area contributed by atoms with E-state index in [0.717, 1.165) is 35.1 Å². The molecule has 0 saturated heterocycles. The molecule has 4 nitrogen and oxygen atoms in total. The maximum Gasteiger partial charge on any atom is 0.338 e. The number of phenols is 1. The number of quaternary nitrogens is 1. The molecular weight excluding hydrogens is 386 g/mol.